The number of benzene rings is 2. The van der Waals surface area contributed by atoms with Crippen LogP contribution in [0.4, 0.5) is 5.69 Å². The molecule has 2 heterocycles. The lowest BCUT2D eigenvalue weighted by Crippen LogP contribution is -2.48. The topological polar surface area (TPSA) is 46.6 Å². The highest BCUT2D eigenvalue weighted by Gasteiger charge is 2.36. The van der Waals surface area contributed by atoms with Crippen LogP contribution in [0.2, 0.25) is 0 Å². The van der Waals surface area contributed by atoms with Gasteiger partial charge in [-0.15, -0.1) is 0 Å². The van der Waals surface area contributed by atoms with E-state index in [0.717, 1.165) is 18.5 Å². The van der Waals surface area contributed by atoms with Crippen molar-refractivity contribution in [3.05, 3.63) is 106 Å². The summed E-state index contributed by atoms with van der Waals surface area (Å²) in [5, 5.41) is 0. The summed E-state index contributed by atoms with van der Waals surface area (Å²) in [4.78, 5) is 28.4. The lowest BCUT2D eigenvalue weighted by molar-refractivity contribution is 0.0988. The van der Waals surface area contributed by atoms with Gasteiger partial charge in [0.2, 0.25) is 0 Å². The lowest BCUT2D eigenvalue weighted by Gasteiger charge is -2.47. The van der Waals surface area contributed by atoms with Crippen LogP contribution in [0.3, 0.4) is 0 Å². The largest absolute Gasteiger partial charge is 0.462 e. The van der Waals surface area contributed by atoms with Gasteiger partial charge in [-0.05, 0) is 87.1 Å². The molecular weight excluding hydrogens is 434 g/mol. The van der Waals surface area contributed by atoms with Crippen molar-refractivity contribution < 1.29 is 14.3 Å². The third-order valence-electron chi connectivity index (χ3n) is 7.26. The first kappa shape index (κ1) is 23.1. The number of carbonyl (C=O) groups excluding carboxylic acids is 2. The summed E-state index contributed by atoms with van der Waals surface area (Å²) < 4.78 is 5.91. The molecule has 0 saturated heterocycles. The van der Waals surface area contributed by atoms with Crippen molar-refractivity contribution in [3.63, 3.8) is 0 Å². The van der Waals surface area contributed by atoms with Gasteiger partial charge in [0, 0.05) is 28.9 Å². The van der Waals surface area contributed by atoms with Crippen LogP contribution in [-0.2, 0) is 4.74 Å². The number of anilines is 1. The predicted octanol–water partition coefficient (Wildman–Crippen LogP) is 7.01. The smallest absolute Gasteiger partial charge is 0.198 e. The molecule has 0 radical (unpaired) electrons. The van der Waals surface area contributed by atoms with Gasteiger partial charge in [0.05, 0.1) is 5.57 Å². The second-order valence-corrected chi connectivity index (χ2v) is 10.3. The van der Waals surface area contributed by atoms with Crippen molar-refractivity contribution in [2.45, 2.75) is 52.5 Å². The van der Waals surface area contributed by atoms with E-state index in [1.807, 2.05) is 19.1 Å². The number of fused-ring (bicyclic) bond motifs is 2. The number of allylic oxidation sites excluding steroid dienone is 6. The zero-order valence-corrected chi connectivity index (χ0v) is 21.0. The maximum Gasteiger partial charge on any atom is 0.198 e. The van der Waals surface area contributed by atoms with Gasteiger partial charge in [-0.1, -0.05) is 43.3 Å². The Bertz CT molecular complexity index is 1330. The molecule has 0 amide bonds. The maximum atomic E-state index is 13.0. The monoisotopic (exact) mass is 465 g/mol. The fourth-order valence-electron chi connectivity index (χ4n) is 5.79. The SMILES string of the molecule is CCN1c2ccc(C=CC3=CC(=C4C(=O)c5ccccc5C4=O)C=C(C)O3)cc2C(C)CC1(C)C. The molecule has 4 heteroatoms. The van der Waals surface area contributed by atoms with Crippen LogP contribution in [0, 0.1) is 0 Å². The highest BCUT2D eigenvalue weighted by molar-refractivity contribution is 6.40. The van der Waals surface area contributed by atoms with Crippen molar-refractivity contribution in [3.8, 4) is 0 Å². The number of carbonyl (C=O) groups is 2. The van der Waals surface area contributed by atoms with Gasteiger partial charge < -0.3 is 9.64 Å². The molecule has 2 aromatic carbocycles. The van der Waals surface area contributed by atoms with Crippen LogP contribution in [-0.4, -0.2) is 23.7 Å². The molecular formula is C31H31NO3. The minimum absolute atomic E-state index is 0.141. The number of hydrogen-bond acceptors (Lipinski definition) is 4. The summed E-state index contributed by atoms with van der Waals surface area (Å²) >= 11 is 0. The zero-order chi connectivity index (χ0) is 24.9. The van der Waals surface area contributed by atoms with Crippen LogP contribution in [0.25, 0.3) is 6.08 Å². The fraction of sp³-hybridized carbons (Fsp3) is 0.290. The Hall–Kier alpha value is -3.66. The lowest BCUT2D eigenvalue weighted by atomic mass is 9.79. The average molecular weight is 466 g/mol. The Balaban J connectivity index is 1.47. The van der Waals surface area contributed by atoms with Crippen molar-refractivity contribution in [1.82, 2.24) is 0 Å². The van der Waals surface area contributed by atoms with Crippen LogP contribution in [0.5, 0.6) is 0 Å². The number of Topliss-reactive ketones (excluding diaryl/α,β-unsaturated/α-hetero) is 2. The number of ketones is 2. The number of ether oxygens (including phenoxy) is 1. The molecule has 2 aliphatic heterocycles. The molecule has 0 saturated carbocycles. The maximum absolute atomic E-state index is 13.0. The van der Waals surface area contributed by atoms with Gasteiger partial charge >= 0.3 is 0 Å². The molecule has 0 fully saturated rings. The Morgan fingerprint density at radius 2 is 1.71 bits per heavy atom. The summed E-state index contributed by atoms with van der Waals surface area (Å²) in [6, 6.07) is 13.6. The molecule has 4 nitrogen and oxygen atoms in total. The van der Waals surface area contributed by atoms with E-state index < -0.39 is 0 Å². The molecule has 3 aliphatic rings. The summed E-state index contributed by atoms with van der Waals surface area (Å²) in [5.74, 6) is 1.28. The Morgan fingerprint density at radius 1 is 1.03 bits per heavy atom. The second-order valence-electron chi connectivity index (χ2n) is 10.3. The normalized spacial score (nSPS) is 21.1. The Morgan fingerprint density at radius 3 is 2.37 bits per heavy atom. The van der Waals surface area contributed by atoms with E-state index in [4.69, 9.17) is 4.74 Å². The van der Waals surface area contributed by atoms with Gasteiger partial charge in [0.1, 0.15) is 11.5 Å². The highest BCUT2D eigenvalue weighted by atomic mass is 16.5. The predicted molar refractivity (Wildman–Crippen MR) is 141 cm³/mol. The fourth-order valence-corrected chi connectivity index (χ4v) is 5.79. The third kappa shape index (κ3) is 3.97. The molecule has 1 atom stereocenters. The minimum Gasteiger partial charge on any atom is -0.462 e. The third-order valence-corrected chi connectivity index (χ3v) is 7.26. The van der Waals surface area contributed by atoms with Crippen molar-refractivity contribution in [2.24, 2.45) is 0 Å². The van der Waals surface area contributed by atoms with E-state index in [1.54, 1.807) is 36.4 Å². The summed E-state index contributed by atoms with van der Waals surface area (Å²) in [6.07, 6.45) is 8.59. The van der Waals surface area contributed by atoms with E-state index in [2.05, 4.69) is 50.8 Å². The van der Waals surface area contributed by atoms with Gasteiger partial charge in [-0.2, -0.15) is 0 Å². The Labute approximate surface area is 207 Å². The molecule has 2 aromatic rings. The number of nitrogens with zero attached hydrogens (tertiary/aromatic N) is 1. The minimum atomic E-state index is -0.224. The van der Waals surface area contributed by atoms with E-state index in [1.165, 1.54) is 11.3 Å². The average Bonchev–Trinajstić information content (AvgIpc) is 3.07. The van der Waals surface area contributed by atoms with Crippen LogP contribution in [0.15, 0.2) is 83.4 Å². The van der Waals surface area contributed by atoms with Gasteiger partial charge in [-0.3, -0.25) is 9.59 Å². The number of hydrogen-bond donors (Lipinski definition) is 0. The second kappa shape index (κ2) is 8.53. The van der Waals surface area contributed by atoms with Gasteiger partial charge in [0.25, 0.3) is 0 Å². The van der Waals surface area contributed by atoms with Crippen LogP contribution in [0.1, 0.15) is 78.8 Å². The molecule has 1 aliphatic carbocycles. The quantitative estimate of drug-likeness (QED) is 0.361. The zero-order valence-electron chi connectivity index (χ0n) is 21.0. The van der Waals surface area contributed by atoms with Crippen molar-refractivity contribution in [1.29, 1.82) is 0 Å². The van der Waals surface area contributed by atoms with Crippen molar-refractivity contribution in [2.75, 3.05) is 11.4 Å². The molecule has 0 N–H and O–H groups in total. The van der Waals surface area contributed by atoms with E-state index in [0.29, 0.717) is 34.1 Å². The first-order valence-corrected chi connectivity index (χ1v) is 12.3. The van der Waals surface area contributed by atoms with Crippen LogP contribution >= 0.6 is 0 Å². The van der Waals surface area contributed by atoms with Gasteiger partial charge in [0.15, 0.2) is 11.6 Å². The van der Waals surface area contributed by atoms with Gasteiger partial charge in [-0.25, -0.2) is 0 Å². The molecule has 0 bridgehead atoms. The van der Waals surface area contributed by atoms with Crippen LogP contribution < -0.4 is 4.90 Å². The van der Waals surface area contributed by atoms with E-state index >= 15 is 0 Å². The number of rotatable bonds is 3. The highest BCUT2D eigenvalue weighted by Crippen LogP contribution is 2.43. The molecule has 178 valence electrons. The van der Waals surface area contributed by atoms with E-state index in [-0.39, 0.29) is 22.7 Å². The Kier molecular flexibility index (Phi) is 5.63. The summed E-state index contributed by atoms with van der Waals surface area (Å²) in [6.45, 7) is 12.0. The van der Waals surface area contributed by atoms with Crippen molar-refractivity contribution >= 4 is 23.3 Å². The molecule has 35 heavy (non-hydrogen) atoms. The molecule has 1 unspecified atom stereocenters. The molecule has 0 spiro atoms. The summed E-state index contributed by atoms with van der Waals surface area (Å²) in [7, 11) is 0. The molecule has 0 aromatic heterocycles. The van der Waals surface area contributed by atoms with E-state index in [9.17, 15) is 9.59 Å². The first-order valence-electron chi connectivity index (χ1n) is 12.3. The first-order chi connectivity index (χ1) is 16.7. The standard InChI is InChI=1S/C31H31NO3/c1-6-32-27-14-12-21(16-26(27)19(2)18-31(32,4)5)11-13-23-17-22(15-20(3)35-23)28-29(33)24-9-7-8-10-25(24)30(28)34/h7-17,19H,6,18H2,1-5H3. The summed E-state index contributed by atoms with van der Waals surface area (Å²) in [5.41, 5.74) is 5.66. The molecule has 5 rings (SSSR count).